The molecule has 0 amide bonds. The molecule has 1 N–H and O–H groups in total. The van der Waals surface area contributed by atoms with Gasteiger partial charge in [-0.2, -0.15) is 0 Å². The Balaban J connectivity index is 1.69. The van der Waals surface area contributed by atoms with Gasteiger partial charge in [-0.1, -0.05) is 12.1 Å². The number of β-amino-alcohol motifs (C(OH)–C–C–N with tert-alkyl or cyclic N) is 1. The Morgan fingerprint density at radius 1 is 1.22 bits per heavy atom. The molecule has 5 nitrogen and oxygen atoms in total. The maximum Gasteiger partial charge on any atom is 0.0890 e. The van der Waals surface area contributed by atoms with Crippen LogP contribution in [0.4, 0.5) is 0 Å². The molecule has 1 aromatic heterocycles. The first kappa shape index (κ1) is 16.3. The molecule has 0 spiro atoms. The summed E-state index contributed by atoms with van der Waals surface area (Å²) in [7, 11) is 0. The predicted octanol–water partition coefficient (Wildman–Crippen LogP) is 1.83. The quantitative estimate of drug-likeness (QED) is 0.933. The van der Waals surface area contributed by atoms with Crippen molar-refractivity contribution in [3.8, 4) is 0 Å². The first-order valence-electron chi connectivity index (χ1n) is 8.39. The molecule has 1 aliphatic rings. The van der Waals surface area contributed by atoms with Crippen molar-refractivity contribution in [2.45, 2.75) is 39.5 Å². The summed E-state index contributed by atoms with van der Waals surface area (Å²) >= 11 is 0. The van der Waals surface area contributed by atoms with Crippen molar-refractivity contribution in [2.75, 3.05) is 26.2 Å². The highest BCUT2D eigenvalue weighted by molar-refractivity contribution is 5.74. The third-order valence-corrected chi connectivity index (χ3v) is 4.56. The van der Waals surface area contributed by atoms with Gasteiger partial charge >= 0.3 is 0 Å². The zero-order valence-electron chi connectivity index (χ0n) is 14.2. The molecule has 0 aliphatic carbocycles. The Kier molecular flexibility index (Phi) is 4.90. The summed E-state index contributed by atoms with van der Waals surface area (Å²) in [6, 6.07) is 8.49. The van der Waals surface area contributed by atoms with Crippen LogP contribution in [0.1, 0.15) is 25.2 Å². The maximum atomic E-state index is 9.59. The molecule has 1 saturated heterocycles. The minimum Gasteiger partial charge on any atom is -0.392 e. The van der Waals surface area contributed by atoms with Gasteiger partial charge in [0.25, 0.3) is 0 Å². The number of piperazine rings is 1. The van der Waals surface area contributed by atoms with Gasteiger partial charge in [-0.3, -0.25) is 9.80 Å². The maximum absolute atomic E-state index is 9.59. The first-order valence-corrected chi connectivity index (χ1v) is 8.39. The summed E-state index contributed by atoms with van der Waals surface area (Å²) in [4.78, 5) is 14.3. The zero-order chi connectivity index (χ0) is 16.4. The average molecular weight is 314 g/mol. The third kappa shape index (κ3) is 3.86. The van der Waals surface area contributed by atoms with Gasteiger partial charge in [0.1, 0.15) is 0 Å². The lowest BCUT2D eigenvalue weighted by atomic mass is 10.1. The van der Waals surface area contributed by atoms with E-state index in [-0.39, 0.29) is 6.10 Å². The second-order valence-corrected chi connectivity index (χ2v) is 6.67. The van der Waals surface area contributed by atoms with Crippen molar-refractivity contribution in [3.63, 3.8) is 0 Å². The third-order valence-electron chi connectivity index (χ3n) is 4.56. The lowest BCUT2D eigenvalue weighted by Crippen LogP contribution is -2.53. The molecular weight excluding hydrogens is 288 g/mol. The molecule has 2 heterocycles. The van der Waals surface area contributed by atoms with Crippen LogP contribution < -0.4 is 0 Å². The molecule has 3 rings (SSSR count). The van der Waals surface area contributed by atoms with E-state index in [0.717, 1.165) is 55.1 Å². The van der Waals surface area contributed by atoms with Crippen LogP contribution in [-0.2, 0) is 6.54 Å². The topological polar surface area (TPSA) is 52.5 Å². The molecule has 1 aromatic carbocycles. The standard InChI is InChI=1S/C18H26N4O/c1-13-10-21(8-9-22(13)11-14(2)23)12-18-15(3)19-16-6-4-5-7-17(16)20-18/h4-7,13-14,23H,8-12H2,1-3H3/t13-,14+/m0/s1. The number of hydrogen-bond acceptors (Lipinski definition) is 5. The Bertz CT molecular complexity index is 673. The van der Waals surface area contributed by atoms with Crippen LogP contribution in [0.2, 0.25) is 0 Å². The van der Waals surface area contributed by atoms with E-state index in [9.17, 15) is 5.11 Å². The number of aliphatic hydroxyl groups excluding tert-OH is 1. The fourth-order valence-electron chi connectivity index (χ4n) is 3.31. The van der Waals surface area contributed by atoms with Crippen LogP contribution in [0, 0.1) is 6.92 Å². The highest BCUT2D eigenvalue weighted by Crippen LogP contribution is 2.16. The van der Waals surface area contributed by atoms with Gasteiger partial charge < -0.3 is 5.11 Å². The molecule has 0 bridgehead atoms. The van der Waals surface area contributed by atoms with Gasteiger partial charge in [-0.05, 0) is 32.9 Å². The smallest absolute Gasteiger partial charge is 0.0890 e. The number of fused-ring (bicyclic) bond motifs is 1. The predicted molar refractivity (Wildman–Crippen MR) is 92.3 cm³/mol. The van der Waals surface area contributed by atoms with Crippen molar-refractivity contribution >= 4 is 11.0 Å². The Hall–Kier alpha value is -1.56. The molecule has 0 radical (unpaired) electrons. The molecule has 2 atom stereocenters. The lowest BCUT2D eigenvalue weighted by Gasteiger charge is -2.40. The molecule has 0 unspecified atom stereocenters. The summed E-state index contributed by atoms with van der Waals surface area (Å²) in [5, 5.41) is 9.59. The Morgan fingerprint density at radius 2 is 1.91 bits per heavy atom. The normalized spacial score (nSPS) is 21.7. The van der Waals surface area contributed by atoms with E-state index >= 15 is 0 Å². The highest BCUT2D eigenvalue weighted by atomic mass is 16.3. The van der Waals surface area contributed by atoms with E-state index in [1.165, 1.54) is 0 Å². The van der Waals surface area contributed by atoms with Crippen molar-refractivity contribution in [1.82, 2.24) is 19.8 Å². The van der Waals surface area contributed by atoms with Crippen LogP contribution in [0.3, 0.4) is 0 Å². The molecule has 0 saturated carbocycles. The fraction of sp³-hybridized carbons (Fsp3) is 0.556. The van der Waals surface area contributed by atoms with Gasteiger partial charge in [0, 0.05) is 38.8 Å². The summed E-state index contributed by atoms with van der Waals surface area (Å²) in [5.41, 5.74) is 4.01. The van der Waals surface area contributed by atoms with Gasteiger partial charge in [-0.15, -0.1) is 0 Å². The van der Waals surface area contributed by atoms with Crippen LogP contribution in [-0.4, -0.2) is 63.2 Å². The molecule has 124 valence electrons. The van der Waals surface area contributed by atoms with Crippen molar-refractivity contribution in [1.29, 1.82) is 0 Å². The monoisotopic (exact) mass is 314 g/mol. The largest absolute Gasteiger partial charge is 0.392 e. The van der Waals surface area contributed by atoms with Crippen LogP contribution >= 0.6 is 0 Å². The van der Waals surface area contributed by atoms with Gasteiger partial charge in [0.2, 0.25) is 0 Å². The van der Waals surface area contributed by atoms with E-state index in [1.54, 1.807) is 0 Å². The lowest BCUT2D eigenvalue weighted by molar-refractivity contribution is 0.0418. The summed E-state index contributed by atoms with van der Waals surface area (Å²) < 4.78 is 0. The van der Waals surface area contributed by atoms with Crippen LogP contribution in [0.15, 0.2) is 24.3 Å². The number of hydrogen-bond donors (Lipinski definition) is 1. The Morgan fingerprint density at radius 3 is 2.57 bits per heavy atom. The number of aryl methyl sites for hydroxylation is 1. The Labute approximate surface area is 138 Å². The summed E-state index contributed by atoms with van der Waals surface area (Å²) in [6.07, 6.45) is -0.266. The molecule has 1 aliphatic heterocycles. The van der Waals surface area contributed by atoms with E-state index < -0.39 is 0 Å². The van der Waals surface area contributed by atoms with Gasteiger partial charge in [0.05, 0.1) is 28.5 Å². The average Bonchev–Trinajstić information content (AvgIpc) is 2.50. The van der Waals surface area contributed by atoms with E-state index in [1.807, 2.05) is 38.1 Å². The highest BCUT2D eigenvalue weighted by Gasteiger charge is 2.25. The molecule has 1 fully saturated rings. The fourth-order valence-corrected chi connectivity index (χ4v) is 3.31. The van der Waals surface area contributed by atoms with Crippen LogP contribution in [0.25, 0.3) is 11.0 Å². The van der Waals surface area contributed by atoms with Crippen molar-refractivity contribution in [2.24, 2.45) is 0 Å². The second kappa shape index (κ2) is 6.91. The number of para-hydroxylation sites is 2. The molecule has 23 heavy (non-hydrogen) atoms. The SMILES string of the molecule is Cc1nc2ccccc2nc1CN1CCN(C[C@@H](C)O)[C@@H](C)C1. The molecule has 5 heteroatoms. The summed E-state index contributed by atoms with van der Waals surface area (Å²) in [6.45, 7) is 10.7. The minimum atomic E-state index is -0.266. The number of benzene rings is 1. The number of rotatable bonds is 4. The molecule has 2 aromatic rings. The van der Waals surface area contributed by atoms with Crippen LogP contribution in [0.5, 0.6) is 0 Å². The van der Waals surface area contributed by atoms with Crippen molar-refractivity contribution in [3.05, 3.63) is 35.7 Å². The second-order valence-electron chi connectivity index (χ2n) is 6.67. The first-order chi connectivity index (χ1) is 11.0. The van der Waals surface area contributed by atoms with E-state index in [0.29, 0.717) is 6.04 Å². The molecular formula is C18H26N4O. The van der Waals surface area contributed by atoms with E-state index in [2.05, 4.69) is 21.7 Å². The number of aromatic nitrogens is 2. The van der Waals surface area contributed by atoms with Gasteiger partial charge in [-0.25, -0.2) is 9.97 Å². The zero-order valence-corrected chi connectivity index (χ0v) is 14.2. The van der Waals surface area contributed by atoms with E-state index in [4.69, 9.17) is 4.98 Å². The van der Waals surface area contributed by atoms with Gasteiger partial charge in [0.15, 0.2) is 0 Å². The summed E-state index contributed by atoms with van der Waals surface area (Å²) in [5.74, 6) is 0. The minimum absolute atomic E-state index is 0.266. The number of aliphatic hydroxyl groups is 1. The van der Waals surface area contributed by atoms with Crippen molar-refractivity contribution < 1.29 is 5.11 Å². The number of nitrogens with zero attached hydrogens (tertiary/aromatic N) is 4.